The average Bonchev–Trinajstić information content (AvgIpc) is 2.63. The third-order valence-corrected chi connectivity index (χ3v) is 4.78. The van der Waals surface area contributed by atoms with Crippen molar-refractivity contribution in [2.45, 2.75) is 20.4 Å². The number of hydrogen-bond donors (Lipinski definition) is 1. The van der Waals surface area contributed by atoms with Gasteiger partial charge in [0.15, 0.2) is 0 Å². The van der Waals surface area contributed by atoms with Crippen LogP contribution >= 0.6 is 0 Å². The average molecular weight is 329 g/mol. The molecule has 3 nitrogen and oxygen atoms in total. The van der Waals surface area contributed by atoms with E-state index < -0.39 is 0 Å². The standard InChI is InChI=1S/C22H19NO2/c1-14-10-11-19-17(12-21(24)25-22(19)15(14)2)13-23-20-9-5-7-16-6-3-4-8-18(16)20/h3-12,23H,13H2,1-2H3. The molecule has 4 aromatic rings. The lowest BCUT2D eigenvalue weighted by atomic mass is 10.0. The summed E-state index contributed by atoms with van der Waals surface area (Å²) in [5.74, 6) is 0. The normalized spacial score (nSPS) is 11.1. The van der Waals surface area contributed by atoms with Gasteiger partial charge in [-0.15, -0.1) is 0 Å². The van der Waals surface area contributed by atoms with Crippen molar-refractivity contribution in [3.8, 4) is 0 Å². The van der Waals surface area contributed by atoms with Gasteiger partial charge in [-0.2, -0.15) is 0 Å². The molecule has 1 N–H and O–H groups in total. The SMILES string of the molecule is Cc1ccc2c(CNc3cccc4ccccc34)cc(=O)oc2c1C. The Balaban J connectivity index is 1.76. The maximum absolute atomic E-state index is 12.0. The summed E-state index contributed by atoms with van der Waals surface area (Å²) in [6.45, 7) is 4.58. The lowest BCUT2D eigenvalue weighted by Gasteiger charge is -2.12. The molecule has 0 fully saturated rings. The van der Waals surface area contributed by atoms with Crippen molar-refractivity contribution in [2.75, 3.05) is 5.32 Å². The smallest absolute Gasteiger partial charge is 0.336 e. The Hall–Kier alpha value is -3.07. The van der Waals surface area contributed by atoms with E-state index in [0.29, 0.717) is 12.1 Å². The van der Waals surface area contributed by atoms with Crippen LogP contribution in [0.4, 0.5) is 5.69 Å². The van der Waals surface area contributed by atoms with Crippen LogP contribution in [0, 0.1) is 13.8 Å². The second-order valence-corrected chi connectivity index (χ2v) is 6.36. The van der Waals surface area contributed by atoms with E-state index in [0.717, 1.165) is 27.8 Å². The van der Waals surface area contributed by atoms with Gasteiger partial charge in [0.25, 0.3) is 0 Å². The summed E-state index contributed by atoms with van der Waals surface area (Å²) < 4.78 is 5.45. The number of benzene rings is 3. The number of fused-ring (bicyclic) bond motifs is 2. The Kier molecular flexibility index (Phi) is 3.77. The summed E-state index contributed by atoms with van der Waals surface area (Å²) in [5.41, 5.74) is 4.51. The highest BCUT2D eigenvalue weighted by atomic mass is 16.4. The van der Waals surface area contributed by atoms with Gasteiger partial charge < -0.3 is 9.73 Å². The predicted molar refractivity (Wildman–Crippen MR) is 103 cm³/mol. The fourth-order valence-electron chi connectivity index (χ4n) is 3.24. The van der Waals surface area contributed by atoms with Crippen LogP contribution in [0.2, 0.25) is 0 Å². The van der Waals surface area contributed by atoms with Crippen molar-refractivity contribution in [3.05, 3.63) is 87.8 Å². The Labute approximate surface area is 145 Å². The van der Waals surface area contributed by atoms with Crippen LogP contribution in [-0.4, -0.2) is 0 Å². The van der Waals surface area contributed by atoms with Crippen molar-refractivity contribution in [3.63, 3.8) is 0 Å². The first kappa shape index (κ1) is 15.5. The van der Waals surface area contributed by atoms with Crippen LogP contribution in [0.5, 0.6) is 0 Å². The molecule has 124 valence electrons. The van der Waals surface area contributed by atoms with Crippen LogP contribution in [0.25, 0.3) is 21.7 Å². The summed E-state index contributed by atoms with van der Waals surface area (Å²) in [7, 11) is 0. The monoisotopic (exact) mass is 329 g/mol. The zero-order valence-corrected chi connectivity index (χ0v) is 14.3. The van der Waals surface area contributed by atoms with E-state index in [4.69, 9.17) is 4.42 Å². The molecule has 0 aliphatic carbocycles. The third kappa shape index (κ3) is 2.78. The molecule has 1 aromatic heterocycles. The number of anilines is 1. The van der Waals surface area contributed by atoms with Gasteiger partial charge in [-0.05, 0) is 42.0 Å². The lowest BCUT2D eigenvalue weighted by Crippen LogP contribution is -2.07. The molecule has 0 radical (unpaired) electrons. The maximum Gasteiger partial charge on any atom is 0.336 e. The first-order valence-electron chi connectivity index (χ1n) is 8.38. The highest BCUT2D eigenvalue weighted by molar-refractivity contribution is 5.94. The second-order valence-electron chi connectivity index (χ2n) is 6.36. The molecule has 0 amide bonds. The highest BCUT2D eigenvalue weighted by Gasteiger charge is 2.10. The lowest BCUT2D eigenvalue weighted by molar-refractivity contribution is 0.556. The summed E-state index contributed by atoms with van der Waals surface area (Å²) in [5, 5.41) is 6.82. The van der Waals surface area contributed by atoms with Gasteiger partial charge in [-0.3, -0.25) is 0 Å². The van der Waals surface area contributed by atoms with E-state index in [1.165, 1.54) is 10.8 Å². The Morgan fingerprint density at radius 3 is 2.60 bits per heavy atom. The Bertz CT molecular complexity index is 1140. The van der Waals surface area contributed by atoms with Gasteiger partial charge in [-0.1, -0.05) is 48.5 Å². The summed E-state index contributed by atoms with van der Waals surface area (Å²) >= 11 is 0. The Morgan fingerprint density at radius 2 is 1.72 bits per heavy atom. The van der Waals surface area contributed by atoms with Gasteiger partial charge >= 0.3 is 5.63 Å². The molecule has 0 aliphatic rings. The van der Waals surface area contributed by atoms with Gasteiger partial charge in [0.2, 0.25) is 0 Å². The van der Waals surface area contributed by atoms with Gasteiger partial charge in [0.05, 0.1) is 0 Å². The van der Waals surface area contributed by atoms with Crippen molar-refractivity contribution in [1.82, 2.24) is 0 Å². The molecule has 4 rings (SSSR count). The van der Waals surface area contributed by atoms with E-state index >= 15 is 0 Å². The number of aryl methyl sites for hydroxylation is 2. The van der Waals surface area contributed by atoms with E-state index in [2.05, 4.69) is 35.6 Å². The minimum Gasteiger partial charge on any atom is -0.422 e. The van der Waals surface area contributed by atoms with Crippen LogP contribution in [0.15, 0.2) is 69.9 Å². The minimum atomic E-state index is -0.309. The molecular formula is C22H19NO2. The molecule has 0 aliphatic heterocycles. The summed E-state index contributed by atoms with van der Waals surface area (Å²) in [6, 6.07) is 20.1. The molecule has 0 saturated heterocycles. The van der Waals surface area contributed by atoms with E-state index in [1.807, 2.05) is 38.1 Å². The molecule has 1 heterocycles. The van der Waals surface area contributed by atoms with Gasteiger partial charge in [0.1, 0.15) is 5.58 Å². The van der Waals surface area contributed by atoms with E-state index in [1.54, 1.807) is 6.07 Å². The molecule has 0 unspecified atom stereocenters. The van der Waals surface area contributed by atoms with Crippen LogP contribution < -0.4 is 10.9 Å². The van der Waals surface area contributed by atoms with Crippen LogP contribution in [-0.2, 0) is 6.54 Å². The number of rotatable bonds is 3. The summed E-state index contributed by atoms with van der Waals surface area (Å²) in [6.07, 6.45) is 0. The zero-order chi connectivity index (χ0) is 17.4. The molecular weight excluding hydrogens is 310 g/mol. The van der Waals surface area contributed by atoms with E-state index in [-0.39, 0.29) is 5.63 Å². The molecule has 0 atom stereocenters. The maximum atomic E-state index is 12.0. The molecule has 0 saturated carbocycles. The first-order chi connectivity index (χ1) is 12.1. The Morgan fingerprint density at radius 1 is 0.920 bits per heavy atom. The summed E-state index contributed by atoms with van der Waals surface area (Å²) in [4.78, 5) is 12.0. The van der Waals surface area contributed by atoms with Crippen molar-refractivity contribution < 1.29 is 4.42 Å². The van der Waals surface area contributed by atoms with Crippen molar-refractivity contribution >= 4 is 27.4 Å². The molecule has 3 aromatic carbocycles. The fourth-order valence-corrected chi connectivity index (χ4v) is 3.24. The molecule has 0 spiro atoms. The topological polar surface area (TPSA) is 42.2 Å². The molecule has 0 bridgehead atoms. The quantitative estimate of drug-likeness (QED) is 0.527. The predicted octanol–water partition coefficient (Wildman–Crippen LogP) is 5.18. The van der Waals surface area contributed by atoms with Crippen LogP contribution in [0.1, 0.15) is 16.7 Å². The van der Waals surface area contributed by atoms with Gasteiger partial charge in [0, 0.05) is 29.1 Å². The van der Waals surface area contributed by atoms with Gasteiger partial charge in [-0.25, -0.2) is 4.79 Å². The second kappa shape index (κ2) is 6.10. The van der Waals surface area contributed by atoms with Crippen molar-refractivity contribution in [2.24, 2.45) is 0 Å². The van der Waals surface area contributed by atoms with Crippen molar-refractivity contribution in [1.29, 1.82) is 0 Å². The zero-order valence-electron chi connectivity index (χ0n) is 14.3. The molecule has 3 heteroatoms. The number of hydrogen-bond acceptors (Lipinski definition) is 3. The molecule has 25 heavy (non-hydrogen) atoms. The fraction of sp³-hybridized carbons (Fsp3) is 0.136. The minimum absolute atomic E-state index is 0.309. The largest absolute Gasteiger partial charge is 0.422 e. The van der Waals surface area contributed by atoms with Crippen LogP contribution in [0.3, 0.4) is 0 Å². The highest BCUT2D eigenvalue weighted by Crippen LogP contribution is 2.26. The van der Waals surface area contributed by atoms with E-state index in [9.17, 15) is 4.79 Å². The third-order valence-electron chi connectivity index (χ3n) is 4.78. The first-order valence-corrected chi connectivity index (χ1v) is 8.38. The number of nitrogens with one attached hydrogen (secondary N) is 1.